The number of aromatic nitrogens is 1. The van der Waals surface area contributed by atoms with E-state index in [1.165, 1.54) is 12.8 Å². The van der Waals surface area contributed by atoms with Crippen molar-refractivity contribution in [1.82, 2.24) is 9.88 Å². The largest absolute Gasteiger partial charge is 0.387 e. The number of rotatable bonds is 4. The fraction of sp³-hybridized carbons (Fsp3) is 0.583. The molecule has 4 heteroatoms. The first-order chi connectivity index (χ1) is 7.77. The van der Waals surface area contributed by atoms with E-state index in [0.29, 0.717) is 0 Å². The minimum atomic E-state index is -0.594. The average molecular weight is 221 g/mol. The van der Waals surface area contributed by atoms with Crippen molar-refractivity contribution in [3.63, 3.8) is 0 Å². The van der Waals surface area contributed by atoms with E-state index in [1.54, 1.807) is 12.4 Å². The van der Waals surface area contributed by atoms with Gasteiger partial charge in [0.2, 0.25) is 0 Å². The van der Waals surface area contributed by atoms with Crippen LogP contribution in [0.15, 0.2) is 24.5 Å². The Morgan fingerprint density at radius 3 is 2.56 bits per heavy atom. The van der Waals surface area contributed by atoms with Crippen molar-refractivity contribution in [2.45, 2.75) is 25.0 Å². The minimum Gasteiger partial charge on any atom is -0.387 e. The van der Waals surface area contributed by atoms with Gasteiger partial charge in [0.25, 0.3) is 0 Å². The highest BCUT2D eigenvalue weighted by molar-refractivity contribution is 5.15. The van der Waals surface area contributed by atoms with Gasteiger partial charge in [-0.15, -0.1) is 0 Å². The van der Waals surface area contributed by atoms with Gasteiger partial charge in [-0.3, -0.25) is 4.98 Å². The molecule has 1 saturated heterocycles. The van der Waals surface area contributed by atoms with Crippen LogP contribution in [0.5, 0.6) is 0 Å². The third-order valence-corrected chi connectivity index (χ3v) is 3.12. The summed E-state index contributed by atoms with van der Waals surface area (Å²) in [6.07, 6.45) is 5.27. The van der Waals surface area contributed by atoms with Gasteiger partial charge in [-0.05, 0) is 43.6 Å². The predicted molar refractivity (Wildman–Crippen MR) is 62.8 cm³/mol. The summed E-state index contributed by atoms with van der Waals surface area (Å²) < 4.78 is 0. The van der Waals surface area contributed by atoms with Crippen LogP contribution in [0.3, 0.4) is 0 Å². The highest BCUT2D eigenvalue weighted by Gasteiger charge is 2.21. The molecule has 0 bridgehead atoms. The van der Waals surface area contributed by atoms with Crippen molar-refractivity contribution >= 4 is 0 Å². The summed E-state index contributed by atoms with van der Waals surface area (Å²) in [5.74, 6) is 0. The van der Waals surface area contributed by atoms with E-state index in [-0.39, 0.29) is 6.04 Å². The monoisotopic (exact) mass is 221 g/mol. The van der Waals surface area contributed by atoms with Crippen LogP contribution < -0.4 is 5.73 Å². The second-order valence-corrected chi connectivity index (χ2v) is 4.40. The Bertz CT molecular complexity index is 311. The third-order valence-electron chi connectivity index (χ3n) is 3.12. The first-order valence-corrected chi connectivity index (χ1v) is 5.83. The van der Waals surface area contributed by atoms with Crippen molar-refractivity contribution in [2.75, 3.05) is 19.6 Å². The van der Waals surface area contributed by atoms with E-state index in [2.05, 4.69) is 9.88 Å². The number of aliphatic hydroxyl groups excluding tert-OH is 1. The first kappa shape index (κ1) is 11.5. The number of hydrogen-bond acceptors (Lipinski definition) is 4. The Hall–Kier alpha value is -0.970. The van der Waals surface area contributed by atoms with Crippen LogP contribution in [-0.2, 0) is 0 Å². The molecular formula is C12H19N3O. The molecule has 1 aromatic rings. The smallest absolute Gasteiger partial charge is 0.0954 e. The second-order valence-electron chi connectivity index (χ2n) is 4.40. The zero-order valence-electron chi connectivity index (χ0n) is 9.42. The van der Waals surface area contributed by atoms with Gasteiger partial charge in [0.15, 0.2) is 0 Å². The quantitative estimate of drug-likeness (QED) is 0.779. The molecule has 88 valence electrons. The average Bonchev–Trinajstić information content (AvgIpc) is 2.82. The zero-order valence-corrected chi connectivity index (χ0v) is 9.42. The maximum Gasteiger partial charge on any atom is 0.0954 e. The van der Waals surface area contributed by atoms with E-state index in [0.717, 1.165) is 25.2 Å². The number of hydrogen-bond donors (Lipinski definition) is 2. The topological polar surface area (TPSA) is 62.4 Å². The van der Waals surface area contributed by atoms with Gasteiger partial charge in [-0.1, -0.05) is 0 Å². The molecule has 0 aliphatic carbocycles. The van der Waals surface area contributed by atoms with Gasteiger partial charge in [0, 0.05) is 25.0 Å². The Kier molecular flexibility index (Phi) is 3.88. The standard InChI is InChI=1S/C12H19N3O/c13-11(9-15-7-1-2-8-15)12(16)10-3-5-14-6-4-10/h3-6,11-12,16H,1-2,7-9,13H2/t11-,12?/m1/s1. The summed E-state index contributed by atoms with van der Waals surface area (Å²) >= 11 is 0. The number of pyridine rings is 1. The third kappa shape index (κ3) is 2.78. The fourth-order valence-corrected chi connectivity index (χ4v) is 2.17. The molecule has 0 radical (unpaired) electrons. The molecule has 2 atom stereocenters. The summed E-state index contributed by atoms with van der Waals surface area (Å²) in [7, 11) is 0. The fourth-order valence-electron chi connectivity index (χ4n) is 2.17. The molecule has 4 nitrogen and oxygen atoms in total. The number of aliphatic hydroxyl groups is 1. The number of nitrogens with two attached hydrogens (primary N) is 1. The van der Waals surface area contributed by atoms with E-state index in [1.807, 2.05) is 12.1 Å². The Balaban J connectivity index is 1.91. The van der Waals surface area contributed by atoms with Crippen LogP contribution in [-0.4, -0.2) is 40.7 Å². The molecule has 16 heavy (non-hydrogen) atoms. The zero-order chi connectivity index (χ0) is 11.4. The van der Waals surface area contributed by atoms with Crippen LogP contribution >= 0.6 is 0 Å². The van der Waals surface area contributed by atoms with Crippen LogP contribution in [0.2, 0.25) is 0 Å². The van der Waals surface area contributed by atoms with Gasteiger partial charge in [-0.25, -0.2) is 0 Å². The summed E-state index contributed by atoms with van der Waals surface area (Å²) in [6, 6.07) is 3.41. The molecular weight excluding hydrogens is 202 g/mol. The molecule has 1 fully saturated rings. The lowest BCUT2D eigenvalue weighted by molar-refractivity contribution is 0.125. The van der Waals surface area contributed by atoms with Crippen molar-refractivity contribution < 1.29 is 5.11 Å². The lowest BCUT2D eigenvalue weighted by Crippen LogP contribution is -2.40. The number of likely N-dealkylation sites (tertiary alicyclic amines) is 1. The summed E-state index contributed by atoms with van der Waals surface area (Å²) in [5.41, 5.74) is 6.87. The summed E-state index contributed by atoms with van der Waals surface area (Å²) in [6.45, 7) is 2.98. The van der Waals surface area contributed by atoms with Gasteiger partial charge in [0.1, 0.15) is 0 Å². The van der Waals surface area contributed by atoms with Crippen LogP contribution in [0.1, 0.15) is 24.5 Å². The van der Waals surface area contributed by atoms with Gasteiger partial charge >= 0.3 is 0 Å². The van der Waals surface area contributed by atoms with Crippen LogP contribution in [0.4, 0.5) is 0 Å². The molecule has 0 amide bonds. The van der Waals surface area contributed by atoms with Gasteiger partial charge < -0.3 is 15.7 Å². The lowest BCUT2D eigenvalue weighted by atomic mass is 10.0. The van der Waals surface area contributed by atoms with E-state index >= 15 is 0 Å². The molecule has 0 saturated carbocycles. The molecule has 1 aliphatic rings. The lowest BCUT2D eigenvalue weighted by Gasteiger charge is -2.24. The summed E-state index contributed by atoms with van der Waals surface area (Å²) in [5, 5.41) is 10.1. The highest BCUT2D eigenvalue weighted by atomic mass is 16.3. The normalized spacial score (nSPS) is 20.9. The highest BCUT2D eigenvalue weighted by Crippen LogP contribution is 2.16. The predicted octanol–water partition coefficient (Wildman–Crippen LogP) is 0.538. The van der Waals surface area contributed by atoms with Crippen molar-refractivity contribution in [2.24, 2.45) is 5.73 Å². The van der Waals surface area contributed by atoms with Gasteiger partial charge in [-0.2, -0.15) is 0 Å². The van der Waals surface area contributed by atoms with Crippen LogP contribution in [0, 0.1) is 0 Å². The molecule has 1 unspecified atom stereocenters. The summed E-state index contributed by atoms with van der Waals surface area (Å²) in [4.78, 5) is 6.24. The Morgan fingerprint density at radius 1 is 1.31 bits per heavy atom. The van der Waals surface area contributed by atoms with Gasteiger partial charge in [0.05, 0.1) is 6.10 Å². The Labute approximate surface area is 96.1 Å². The molecule has 3 N–H and O–H groups in total. The number of nitrogens with zero attached hydrogens (tertiary/aromatic N) is 2. The van der Waals surface area contributed by atoms with E-state index in [4.69, 9.17) is 5.73 Å². The SMILES string of the molecule is N[C@H](CN1CCCC1)C(O)c1ccncc1. The molecule has 1 aliphatic heterocycles. The maximum atomic E-state index is 10.1. The Morgan fingerprint density at radius 2 is 1.94 bits per heavy atom. The minimum absolute atomic E-state index is 0.222. The molecule has 1 aromatic heterocycles. The van der Waals surface area contributed by atoms with E-state index < -0.39 is 6.10 Å². The molecule has 0 spiro atoms. The van der Waals surface area contributed by atoms with Crippen molar-refractivity contribution in [3.8, 4) is 0 Å². The van der Waals surface area contributed by atoms with Crippen LogP contribution in [0.25, 0.3) is 0 Å². The molecule has 2 rings (SSSR count). The first-order valence-electron chi connectivity index (χ1n) is 5.83. The van der Waals surface area contributed by atoms with Crippen molar-refractivity contribution in [3.05, 3.63) is 30.1 Å². The maximum absolute atomic E-state index is 10.1. The molecule has 2 heterocycles. The second kappa shape index (κ2) is 5.39. The van der Waals surface area contributed by atoms with Crippen molar-refractivity contribution in [1.29, 1.82) is 0 Å². The van der Waals surface area contributed by atoms with E-state index in [9.17, 15) is 5.11 Å². The molecule has 0 aromatic carbocycles.